The molecular weight excluding hydrogens is 484 g/mol. The van der Waals surface area contributed by atoms with E-state index < -0.39 is 12.2 Å². The number of hydrogen-bond acceptors (Lipinski definition) is 7. The highest BCUT2D eigenvalue weighted by atomic mass is 16.6. The van der Waals surface area contributed by atoms with Gasteiger partial charge in [0.05, 0.1) is 36.5 Å². The first-order chi connectivity index (χ1) is 18.0. The summed E-state index contributed by atoms with van der Waals surface area (Å²) in [5, 5.41) is 10.0. The Labute approximate surface area is 222 Å². The summed E-state index contributed by atoms with van der Waals surface area (Å²) in [5.74, 6) is 1.24. The lowest BCUT2D eigenvalue weighted by molar-refractivity contribution is 0.0563. The fraction of sp³-hybridized carbons (Fsp3) is 0.429. The van der Waals surface area contributed by atoms with Crippen LogP contribution in [0.1, 0.15) is 39.0 Å². The van der Waals surface area contributed by atoms with Crippen molar-refractivity contribution < 1.29 is 19.0 Å². The molecule has 10 nitrogen and oxygen atoms in total. The highest BCUT2D eigenvalue weighted by Crippen LogP contribution is 2.33. The number of benzene rings is 1. The number of fused-ring (bicyclic) bond motifs is 1. The Morgan fingerprint density at radius 2 is 1.95 bits per heavy atom. The third kappa shape index (κ3) is 4.90. The summed E-state index contributed by atoms with van der Waals surface area (Å²) in [6, 6.07) is 9.60. The summed E-state index contributed by atoms with van der Waals surface area (Å²) in [5.41, 5.74) is 4.16. The van der Waals surface area contributed by atoms with E-state index in [4.69, 9.17) is 19.2 Å². The molecule has 0 bridgehead atoms. The molecule has 0 unspecified atom stereocenters. The Balaban J connectivity index is 1.38. The lowest BCUT2D eigenvalue weighted by Crippen LogP contribution is -2.33. The Hall–Kier alpha value is -4.08. The van der Waals surface area contributed by atoms with E-state index in [2.05, 4.69) is 31.0 Å². The molecule has 0 radical (unpaired) electrons. The third-order valence-corrected chi connectivity index (χ3v) is 6.90. The summed E-state index contributed by atoms with van der Waals surface area (Å²) < 4.78 is 21.1. The van der Waals surface area contributed by atoms with Crippen molar-refractivity contribution in [2.24, 2.45) is 7.05 Å². The smallest absolute Gasteiger partial charge is 0.410 e. The van der Waals surface area contributed by atoms with Crippen LogP contribution in [0.5, 0.6) is 11.6 Å². The number of methoxy groups -OCH3 is 1. The van der Waals surface area contributed by atoms with Crippen LogP contribution in [0.15, 0.2) is 42.7 Å². The molecule has 0 spiro atoms. The first kappa shape index (κ1) is 25.6. The summed E-state index contributed by atoms with van der Waals surface area (Å²) >= 11 is 0. The van der Waals surface area contributed by atoms with E-state index in [0.717, 1.165) is 39.2 Å². The van der Waals surface area contributed by atoms with Gasteiger partial charge >= 0.3 is 6.09 Å². The number of carbonyl (C=O) groups is 1. The molecule has 1 saturated heterocycles. The zero-order valence-corrected chi connectivity index (χ0v) is 22.9. The molecule has 0 N–H and O–H groups in total. The van der Waals surface area contributed by atoms with Crippen LogP contribution >= 0.6 is 0 Å². The highest BCUT2D eigenvalue weighted by molar-refractivity contribution is 5.89. The standard InChI is InChI=1S/C28H34N6O4/c1-17-25-23(31-32(17)6)12-22(20-13-29-34(15-20)28(3,4)5)30-26(25)37-18(2)24-16-33(27(35)38-24)14-19-8-10-21(36-7)11-9-19/h8-13,15,18,24H,14,16H2,1-7H3/t18-,24-/m1/s1. The van der Waals surface area contributed by atoms with Crippen LogP contribution in [0.2, 0.25) is 0 Å². The van der Waals surface area contributed by atoms with Gasteiger partial charge in [0.2, 0.25) is 5.88 Å². The number of pyridine rings is 1. The first-order valence-corrected chi connectivity index (χ1v) is 12.7. The van der Waals surface area contributed by atoms with Gasteiger partial charge in [-0.2, -0.15) is 10.2 Å². The Morgan fingerprint density at radius 3 is 2.61 bits per heavy atom. The van der Waals surface area contributed by atoms with Crippen molar-refractivity contribution in [1.82, 2.24) is 29.4 Å². The second kappa shape index (κ2) is 9.66. The van der Waals surface area contributed by atoms with Gasteiger partial charge in [-0.05, 0) is 58.4 Å². The van der Waals surface area contributed by atoms with E-state index in [1.54, 1.807) is 18.2 Å². The molecule has 1 amide bonds. The van der Waals surface area contributed by atoms with Gasteiger partial charge in [0.25, 0.3) is 0 Å². The molecule has 5 rings (SSSR count). The van der Waals surface area contributed by atoms with E-state index in [9.17, 15) is 4.79 Å². The van der Waals surface area contributed by atoms with E-state index in [1.807, 2.05) is 66.8 Å². The van der Waals surface area contributed by atoms with Gasteiger partial charge in [-0.25, -0.2) is 9.78 Å². The van der Waals surface area contributed by atoms with Crippen LogP contribution in [-0.4, -0.2) is 61.4 Å². The molecule has 0 saturated carbocycles. The first-order valence-electron chi connectivity index (χ1n) is 12.7. The van der Waals surface area contributed by atoms with E-state index in [1.165, 1.54) is 0 Å². The van der Waals surface area contributed by atoms with Gasteiger partial charge in [-0.15, -0.1) is 0 Å². The molecule has 200 valence electrons. The monoisotopic (exact) mass is 518 g/mol. The third-order valence-electron chi connectivity index (χ3n) is 6.90. The van der Waals surface area contributed by atoms with Crippen LogP contribution in [0.25, 0.3) is 22.2 Å². The fourth-order valence-electron chi connectivity index (χ4n) is 4.49. The number of rotatable bonds is 7. The molecule has 4 heterocycles. The summed E-state index contributed by atoms with van der Waals surface area (Å²) in [6.07, 6.45) is 2.55. The minimum absolute atomic E-state index is 0.151. The molecule has 38 heavy (non-hydrogen) atoms. The molecule has 0 aliphatic carbocycles. The average molecular weight is 519 g/mol. The number of amides is 1. The minimum Gasteiger partial charge on any atom is -0.497 e. The Bertz CT molecular complexity index is 1470. The molecule has 2 atom stereocenters. The maximum absolute atomic E-state index is 12.6. The molecule has 3 aromatic heterocycles. The van der Waals surface area contributed by atoms with Gasteiger partial charge in [-0.3, -0.25) is 9.36 Å². The number of aromatic nitrogens is 5. The topological polar surface area (TPSA) is 96.5 Å². The summed E-state index contributed by atoms with van der Waals surface area (Å²) in [6.45, 7) is 11.0. The molecule has 1 aliphatic rings. The van der Waals surface area contributed by atoms with Gasteiger partial charge < -0.3 is 19.1 Å². The van der Waals surface area contributed by atoms with Crippen molar-refractivity contribution in [2.45, 2.75) is 58.9 Å². The van der Waals surface area contributed by atoms with Crippen molar-refractivity contribution in [3.8, 4) is 22.9 Å². The van der Waals surface area contributed by atoms with Gasteiger partial charge in [0.1, 0.15) is 17.4 Å². The number of hydrogen-bond donors (Lipinski definition) is 0. The SMILES string of the molecule is COc1ccc(CN2C[C@H]([C@@H](C)Oc3nc(-c4cnn(C(C)(C)C)c4)cc4nn(C)c(C)c34)OC2=O)cc1. The average Bonchev–Trinajstić information content (AvgIpc) is 3.58. The summed E-state index contributed by atoms with van der Waals surface area (Å²) in [7, 11) is 3.53. The van der Waals surface area contributed by atoms with Crippen molar-refractivity contribution in [3.63, 3.8) is 0 Å². The van der Waals surface area contributed by atoms with Crippen molar-refractivity contribution in [1.29, 1.82) is 0 Å². The maximum Gasteiger partial charge on any atom is 0.410 e. The lowest BCUT2D eigenvalue weighted by atomic mass is 10.1. The number of aryl methyl sites for hydroxylation is 2. The largest absolute Gasteiger partial charge is 0.497 e. The lowest BCUT2D eigenvalue weighted by Gasteiger charge is -2.20. The van der Waals surface area contributed by atoms with E-state index in [0.29, 0.717) is 19.0 Å². The van der Waals surface area contributed by atoms with Crippen molar-refractivity contribution in [3.05, 3.63) is 54.0 Å². The molecular formula is C28H34N6O4. The Kier molecular flexibility index (Phi) is 6.50. The van der Waals surface area contributed by atoms with Gasteiger partial charge in [0.15, 0.2) is 6.10 Å². The second-order valence-corrected chi connectivity index (χ2v) is 10.7. The number of ether oxygens (including phenoxy) is 3. The number of nitrogens with zero attached hydrogens (tertiary/aromatic N) is 6. The normalized spacial score (nSPS) is 16.7. The van der Waals surface area contributed by atoms with Crippen LogP contribution in [0, 0.1) is 6.92 Å². The minimum atomic E-state index is -0.443. The van der Waals surface area contributed by atoms with Crippen LogP contribution in [0.4, 0.5) is 4.79 Å². The predicted octanol–water partition coefficient (Wildman–Crippen LogP) is 4.69. The molecule has 4 aromatic rings. The van der Waals surface area contributed by atoms with E-state index >= 15 is 0 Å². The molecule has 1 aromatic carbocycles. The molecule has 10 heteroatoms. The maximum atomic E-state index is 12.6. The van der Waals surface area contributed by atoms with E-state index in [-0.39, 0.29) is 11.6 Å². The summed E-state index contributed by atoms with van der Waals surface area (Å²) in [4.78, 5) is 19.2. The van der Waals surface area contributed by atoms with Crippen LogP contribution in [-0.2, 0) is 23.9 Å². The Morgan fingerprint density at radius 1 is 1.21 bits per heavy atom. The van der Waals surface area contributed by atoms with Crippen LogP contribution < -0.4 is 9.47 Å². The van der Waals surface area contributed by atoms with Crippen LogP contribution in [0.3, 0.4) is 0 Å². The number of carbonyl (C=O) groups excluding carboxylic acids is 1. The fourth-order valence-corrected chi connectivity index (χ4v) is 4.49. The van der Waals surface area contributed by atoms with Gasteiger partial charge in [0, 0.05) is 31.0 Å². The van der Waals surface area contributed by atoms with Gasteiger partial charge in [-0.1, -0.05) is 12.1 Å². The van der Waals surface area contributed by atoms with Crippen molar-refractivity contribution in [2.75, 3.05) is 13.7 Å². The second-order valence-electron chi connectivity index (χ2n) is 10.7. The molecule has 1 aliphatic heterocycles. The zero-order valence-electron chi connectivity index (χ0n) is 22.9. The highest BCUT2D eigenvalue weighted by Gasteiger charge is 2.36. The predicted molar refractivity (Wildman–Crippen MR) is 143 cm³/mol. The number of cyclic esters (lactones) is 1. The molecule has 1 fully saturated rings. The quantitative estimate of drug-likeness (QED) is 0.350. The zero-order chi connectivity index (χ0) is 27.2. The van der Waals surface area contributed by atoms with Crippen molar-refractivity contribution >= 4 is 17.0 Å².